The molecular weight excluding hydrogens is 532 g/mol. The van der Waals surface area contributed by atoms with E-state index in [1.807, 2.05) is 0 Å². The van der Waals surface area contributed by atoms with E-state index in [-0.39, 0.29) is 137 Å². The van der Waals surface area contributed by atoms with E-state index in [1.165, 1.54) is 83.5 Å². The number of carboxylic acids is 2. The van der Waals surface area contributed by atoms with Gasteiger partial charge in [0.05, 0.1) is 19.4 Å². The van der Waals surface area contributed by atoms with E-state index in [9.17, 15) is 19.2 Å². The van der Waals surface area contributed by atoms with Crippen LogP contribution in [-0.4, -0.2) is 47.3 Å². The third-order valence-electron chi connectivity index (χ3n) is 5.80. The van der Waals surface area contributed by atoms with Crippen molar-refractivity contribution in [1.29, 1.82) is 0 Å². The number of hydrogen-bond donors (Lipinski definition) is 2. The van der Waals surface area contributed by atoms with Crippen molar-refractivity contribution >= 4 is 23.9 Å². The second-order valence-corrected chi connectivity index (χ2v) is 8.94. The molecule has 0 saturated carbocycles. The Morgan fingerprint density at radius 3 is 1.21 bits per heavy atom. The van der Waals surface area contributed by atoms with Gasteiger partial charge in [0.15, 0.2) is 5.92 Å². The minimum Gasteiger partial charge on any atom is -1.00 e. The molecule has 0 rings (SSSR count). The maximum Gasteiger partial charge on any atom is 1.00 e. The number of unbranched alkanes of at least 4 members (excludes halogenated alkanes) is 15. The number of carbonyl (C=O) groups excluding carboxylic acids is 2. The molecule has 0 aromatic heterocycles. The van der Waals surface area contributed by atoms with Gasteiger partial charge in [-0.25, -0.2) is 0 Å². The van der Waals surface area contributed by atoms with Crippen LogP contribution in [0.25, 0.3) is 0 Å². The number of hydrogen-bond acceptors (Lipinski definition) is 6. The fraction of sp³-hybridized carbons (Fsp3) is 0.846. The largest absolute Gasteiger partial charge is 1.00 e. The van der Waals surface area contributed by atoms with E-state index in [4.69, 9.17) is 14.9 Å². The zero-order valence-corrected chi connectivity index (χ0v) is 33.1. The van der Waals surface area contributed by atoms with Crippen LogP contribution in [0.15, 0.2) is 0 Å². The summed E-state index contributed by atoms with van der Waals surface area (Å²) in [6.07, 6.45) is 19.9. The molecule has 0 fully saturated rings. The van der Waals surface area contributed by atoms with E-state index in [0.717, 1.165) is 19.3 Å². The summed E-state index contributed by atoms with van der Waals surface area (Å²) >= 11 is 0. The molecular formula is C26H50Na4O8. The van der Waals surface area contributed by atoms with Crippen LogP contribution in [0.3, 0.4) is 0 Å². The van der Waals surface area contributed by atoms with Gasteiger partial charge in [-0.1, -0.05) is 103 Å². The normalized spacial score (nSPS) is 9.74. The molecule has 0 bridgehead atoms. The zero-order valence-electron chi connectivity index (χ0n) is 29.1. The van der Waals surface area contributed by atoms with Crippen LogP contribution >= 0.6 is 0 Å². The fourth-order valence-electron chi connectivity index (χ4n) is 3.61. The quantitative estimate of drug-likeness (QED) is 0.0500. The molecule has 2 N–H and O–H groups in total. The van der Waals surface area contributed by atoms with Crippen molar-refractivity contribution in [2.24, 2.45) is 5.92 Å². The standard InChI is InChI=1S/C26H46O8.4Na.4H/c1-2-3-4-5-6-7-8-9-10-11-12-13-14-15-16-17-20-33-23(27)18-19-24(28)34-21-22(25(29)30)26(31)32;;;;;;;;/h22H,2-21H2,1H3,(H,29,30)(H,31,32);;;;;;;;/q;4*+1;4*-1. The van der Waals surface area contributed by atoms with E-state index < -0.39 is 36.4 Å². The van der Waals surface area contributed by atoms with Gasteiger partial charge in [-0.15, -0.1) is 0 Å². The second kappa shape index (κ2) is 36.9. The maximum atomic E-state index is 11.6. The number of carboxylic acid groups (broad SMARTS) is 2. The second-order valence-electron chi connectivity index (χ2n) is 8.94. The molecule has 206 valence electrons. The first kappa shape index (κ1) is 49.6. The van der Waals surface area contributed by atoms with Crippen LogP contribution in [0.4, 0.5) is 0 Å². The molecule has 0 amide bonds. The van der Waals surface area contributed by atoms with Gasteiger partial charge in [0, 0.05) is 0 Å². The number of esters is 2. The molecule has 8 nitrogen and oxygen atoms in total. The molecule has 0 spiro atoms. The number of carbonyl (C=O) groups is 4. The van der Waals surface area contributed by atoms with E-state index >= 15 is 0 Å². The summed E-state index contributed by atoms with van der Waals surface area (Å²) in [7, 11) is 0. The Hall–Kier alpha value is 1.88. The summed E-state index contributed by atoms with van der Waals surface area (Å²) in [5, 5.41) is 17.4. The van der Waals surface area contributed by atoms with Crippen LogP contribution in [0.2, 0.25) is 0 Å². The maximum absolute atomic E-state index is 11.6. The van der Waals surface area contributed by atoms with Gasteiger partial charge in [0.25, 0.3) is 0 Å². The molecule has 12 heteroatoms. The van der Waals surface area contributed by atoms with Crippen molar-refractivity contribution in [2.45, 2.75) is 122 Å². The molecule has 0 aliphatic heterocycles. The van der Waals surface area contributed by atoms with Crippen LogP contribution in [0.1, 0.15) is 128 Å². The van der Waals surface area contributed by atoms with Gasteiger partial charge in [0.2, 0.25) is 0 Å². The minimum atomic E-state index is -1.81. The van der Waals surface area contributed by atoms with Crippen molar-refractivity contribution in [3.05, 3.63) is 0 Å². The van der Waals surface area contributed by atoms with Gasteiger partial charge in [-0.2, -0.15) is 0 Å². The van der Waals surface area contributed by atoms with Crippen molar-refractivity contribution in [3.8, 4) is 0 Å². The molecule has 0 unspecified atom stereocenters. The molecule has 0 saturated heterocycles. The van der Waals surface area contributed by atoms with Gasteiger partial charge >= 0.3 is 142 Å². The van der Waals surface area contributed by atoms with Crippen LogP contribution < -0.4 is 118 Å². The third-order valence-corrected chi connectivity index (χ3v) is 5.80. The molecule has 0 aromatic rings. The zero-order chi connectivity index (χ0) is 25.4. The summed E-state index contributed by atoms with van der Waals surface area (Å²) < 4.78 is 9.69. The van der Waals surface area contributed by atoms with Gasteiger partial charge in [-0.05, 0) is 6.42 Å². The van der Waals surface area contributed by atoms with E-state index in [2.05, 4.69) is 11.7 Å². The predicted octanol–water partition coefficient (Wildman–Crippen LogP) is -5.63. The molecule has 0 atom stereocenters. The fourth-order valence-corrected chi connectivity index (χ4v) is 3.61. The van der Waals surface area contributed by atoms with E-state index in [1.54, 1.807) is 0 Å². The topological polar surface area (TPSA) is 127 Å². The molecule has 0 aromatic carbocycles. The Bertz CT molecular complexity index is 585. The van der Waals surface area contributed by atoms with Crippen molar-refractivity contribution in [2.75, 3.05) is 13.2 Å². The number of ether oxygens (including phenoxy) is 2. The Balaban J connectivity index is -0.000000194. The molecule has 0 radical (unpaired) electrons. The molecule has 0 heterocycles. The van der Waals surface area contributed by atoms with Crippen LogP contribution in [0.5, 0.6) is 0 Å². The van der Waals surface area contributed by atoms with E-state index in [0.29, 0.717) is 6.61 Å². The van der Waals surface area contributed by atoms with Crippen LogP contribution in [-0.2, 0) is 28.7 Å². The summed E-state index contributed by atoms with van der Waals surface area (Å²) in [4.78, 5) is 44.6. The third kappa shape index (κ3) is 34.1. The summed E-state index contributed by atoms with van der Waals surface area (Å²) in [6, 6.07) is 0. The summed E-state index contributed by atoms with van der Waals surface area (Å²) in [6.45, 7) is 1.80. The summed E-state index contributed by atoms with van der Waals surface area (Å²) in [5.41, 5.74) is 0. The predicted molar refractivity (Wildman–Crippen MR) is 134 cm³/mol. The van der Waals surface area contributed by atoms with Crippen molar-refractivity contribution in [3.63, 3.8) is 0 Å². The van der Waals surface area contributed by atoms with Crippen molar-refractivity contribution in [1.82, 2.24) is 0 Å². The SMILES string of the molecule is CCCCCCCCCCCCCCCCCCOC(=O)CCC(=O)OCC(C(=O)O)C(=O)O.[H-].[H-].[H-].[H-].[Na+].[Na+].[Na+].[Na+]. The Morgan fingerprint density at radius 1 is 0.553 bits per heavy atom. The summed E-state index contributed by atoms with van der Waals surface area (Å²) in [5.74, 6) is -6.33. The first-order valence-electron chi connectivity index (χ1n) is 13.1. The monoisotopic (exact) mass is 582 g/mol. The van der Waals surface area contributed by atoms with Gasteiger partial charge in [-0.3, -0.25) is 19.2 Å². The number of rotatable bonds is 24. The first-order valence-corrected chi connectivity index (χ1v) is 13.1. The first-order chi connectivity index (χ1) is 16.4. The van der Waals surface area contributed by atoms with Gasteiger partial charge < -0.3 is 25.4 Å². The Kier molecular flexibility index (Phi) is 48.1. The smallest absolute Gasteiger partial charge is 1.00 e. The minimum absolute atomic E-state index is 0. The average molecular weight is 583 g/mol. The molecule has 38 heavy (non-hydrogen) atoms. The average Bonchev–Trinajstić information content (AvgIpc) is 2.79. The van der Waals surface area contributed by atoms with Crippen LogP contribution in [0, 0.1) is 5.92 Å². The number of aliphatic carboxylic acids is 2. The van der Waals surface area contributed by atoms with Crippen molar-refractivity contribution < 1.29 is 163 Å². The molecule has 0 aliphatic carbocycles. The Labute approximate surface area is 324 Å². The Morgan fingerprint density at radius 2 is 0.868 bits per heavy atom. The molecule has 0 aliphatic rings. The van der Waals surface area contributed by atoms with Gasteiger partial charge in [0.1, 0.15) is 6.61 Å².